The third-order valence-electron chi connectivity index (χ3n) is 4.03. The predicted octanol–water partition coefficient (Wildman–Crippen LogP) is 4.62. The van der Waals surface area contributed by atoms with Crippen molar-refractivity contribution >= 4 is 40.5 Å². The van der Waals surface area contributed by atoms with E-state index in [0.29, 0.717) is 40.2 Å². The number of anilines is 2. The van der Waals surface area contributed by atoms with Crippen molar-refractivity contribution in [3.8, 4) is 0 Å². The van der Waals surface area contributed by atoms with E-state index in [9.17, 15) is 4.79 Å². The second-order valence-corrected chi connectivity index (χ2v) is 7.44. The number of benzene rings is 1. The minimum atomic E-state index is -0.104. The van der Waals surface area contributed by atoms with E-state index in [0.717, 1.165) is 23.5 Å². The summed E-state index contributed by atoms with van der Waals surface area (Å²) in [5.74, 6) is 0.418. The molecule has 1 aromatic heterocycles. The van der Waals surface area contributed by atoms with Crippen LogP contribution in [-0.4, -0.2) is 15.7 Å². The first-order valence-corrected chi connectivity index (χ1v) is 9.01. The van der Waals surface area contributed by atoms with Gasteiger partial charge in [-0.15, -0.1) is 0 Å². The lowest BCUT2D eigenvalue weighted by Gasteiger charge is -2.09. The highest BCUT2D eigenvalue weighted by Crippen LogP contribution is 2.31. The Hall–Kier alpha value is -1.72. The molecular formula is C18H24Cl2N4O. The van der Waals surface area contributed by atoms with Crippen molar-refractivity contribution in [1.82, 2.24) is 9.78 Å². The molecule has 2 aromatic rings. The van der Waals surface area contributed by atoms with E-state index in [-0.39, 0.29) is 5.91 Å². The Morgan fingerprint density at radius 2 is 1.88 bits per heavy atom. The number of nitrogens with two attached hydrogens (primary N) is 1. The second kappa shape index (κ2) is 8.11. The topological polar surface area (TPSA) is 72.9 Å². The van der Waals surface area contributed by atoms with E-state index in [4.69, 9.17) is 28.9 Å². The quantitative estimate of drug-likeness (QED) is 0.715. The summed E-state index contributed by atoms with van der Waals surface area (Å²) >= 11 is 12.0. The van der Waals surface area contributed by atoms with Crippen LogP contribution in [0.2, 0.25) is 10.0 Å². The van der Waals surface area contributed by atoms with Crippen molar-refractivity contribution in [1.29, 1.82) is 0 Å². The smallest absolute Gasteiger partial charge is 0.224 e. The normalized spacial score (nSPS) is 11.2. The van der Waals surface area contributed by atoms with Crippen LogP contribution in [0.25, 0.3) is 0 Å². The third-order valence-corrected chi connectivity index (χ3v) is 4.66. The van der Waals surface area contributed by atoms with Gasteiger partial charge in [-0.05, 0) is 43.9 Å². The van der Waals surface area contributed by atoms with Crippen LogP contribution in [-0.2, 0) is 17.8 Å². The van der Waals surface area contributed by atoms with Gasteiger partial charge in [0, 0.05) is 24.3 Å². The van der Waals surface area contributed by atoms with Crippen molar-refractivity contribution in [3.05, 3.63) is 39.1 Å². The summed E-state index contributed by atoms with van der Waals surface area (Å²) in [6, 6.07) is 3.19. The van der Waals surface area contributed by atoms with Gasteiger partial charge in [-0.2, -0.15) is 5.10 Å². The van der Waals surface area contributed by atoms with Crippen LogP contribution in [0.3, 0.4) is 0 Å². The molecule has 0 aliphatic heterocycles. The van der Waals surface area contributed by atoms with E-state index in [1.54, 1.807) is 12.1 Å². The molecule has 7 heteroatoms. The molecule has 0 atom stereocenters. The van der Waals surface area contributed by atoms with Crippen LogP contribution >= 0.6 is 23.2 Å². The van der Waals surface area contributed by atoms with Crippen molar-refractivity contribution in [2.24, 2.45) is 5.92 Å². The van der Waals surface area contributed by atoms with E-state index in [1.165, 1.54) is 0 Å². The fourth-order valence-corrected chi connectivity index (χ4v) is 3.22. The summed E-state index contributed by atoms with van der Waals surface area (Å²) in [6.07, 6.45) is 0.993. The highest BCUT2D eigenvalue weighted by Gasteiger charge is 2.14. The van der Waals surface area contributed by atoms with Crippen LogP contribution in [0, 0.1) is 19.8 Å². The van der Waals surface area contributed by atoms with Crippen LogP contribution in [0.4, 0.5) is 11.4 Å². The molecule has 0 radical (unpaired) electrons. The molecule has 0 aliphatic rings. The average molecular weight is 383 g/mol. The average Bonchev–Trinajstić information content (AvgIpc) is 2.76. The number of nitrogen functional groups attached to an aromatic ring is 1. The molecule has 0 saturated heterocycles. The Morgan fingerprint density at radius 3 is 2.44 bits per heavy atom. The number of aryl methyl sites for hydroxylation is 1. The lowest BCUT2D eigenvalue weighted by Crippen LogP contribution is -2.13. The molecule has 0 unspecified atom stereocenters. The van der Waals surface area contributed by atoms with Crippen LogP contribution < -0.4 is 11.1 Å². The molecule has 25 heavy (non-hydrogen) atoms. The van der Waals surface area contributed by atoms with E-state index in [2.05, 4.69) is 31.2 Å². The molecule has 0 bridgehead atoms. The number of hydrogen-bond donors (Lipinski definition) is 2. The van der Waals surface area contributed by atoms with Gasteiger partial charge in [0.25, 0.3) is 0 Å². The van der Waals surface area contributed by atoms with Gasteiger partial charge in [0.1, 0.15) is 0 Å². The van der Waals surface area contributed by atoms with Crippen LogP contribution in [0.5, 0.6) is 0 Å². The maximum Gasteiger partial charge on any atom is 0.224 e. The second-order valence-electron chi connectivity index (χ2n) is 6.63. The molecule has 0 aliphatic carbocycles. The molecule has 3 N–H and O–H groups in total. The number of carbonyl (C=O) groups is 1. The van der Waals surface area contributed by atoms with Crippen LogP contribution in [0.15, 0.2) is 12.1 Å². The first kappa shape index (κ1) is 19.6. The number of halogens is 2. The molecule has 0 spiro atoms. The van der Waals surface area contributed by atoms with Crippen molar-refractivity contribution < 1.29 is 4.79 Å². The lowest BCUT2D eigenvalue weighted by molar-refractivity contribution is -0.116. The molecule has 1 heterocycles. The van der Waals surface area contributed by atoms with Crippen molar-refractivity contribution in [2.75, 3.05) is 11.1 Å². The monoisotopic (exact) mass is 382 g/mol. The number of nitrogens with one attached hydrogen (secondary N) is 1. The number of rotatable bonds is 6. The summed E-state index contributed by atoms with van der Waals surface area (Å²) in [5.41, 5.74) is 9.78. The fraction of sp³-hybridized carbons (Fsp3) is 0.444. The Balaban J connectivity index is 2.02. The first-order valence-electron chi connectivity index (χ1n) is 8.26. The Morgan fingerprint density at radius 1 is 1.28 bits per heavy atom. The summed E-state index contributed by atoms with van der Waals surface area (Å²) in [5, 5.41) is 8.04. The van der Waals surface area contributed by atoms with Gasteiger partial charge < -0.3 is 11.1 Å². The van der Waals surface area contributed by atoms with Gasteiger partial charge in [-0.25, -0.2) is 0 Å². The Labute approximate surface area is 158 Å². The van der Waals surface area contributed by atoms with Gasteiger partial charge in [-0.3, -0.25) is 9.48 Å². The molecule has 0 saturated carbocycles. The number of amides is 1. The predicted molar refractivity (Wildman–Crippen MR) is 104 cm³/mol. The zero-order chi connectivity index (χ0) is 18.7. The molecule has 1 aromatic carbocycles. The highest BCUT2D eigenvalue weighted by atomic mass is 35.5. The fourth-order valence-electron chi connectivity index (χ4n) is 2.74. The largest absolute Gasteiger partial charge is 0.396 e. The Kier molecular flexibility index (Phi) is 6.36. The standard InChI is InChI=1S/C18H24Cl2N4O/c1-10(2)9-24-12(4)14(11(3)23-24)5-6-17(25)22-13-7-15(19)18(21)16(20)8-13/h7-8,10H,5-6,9,21H2,1-4H3,(H,22,25). The van der Waals surface area contributed by atoms with Gasteiger partial charge in [-0.1, -0.05) is 37.0 Å². The minimum absolute atomic E-state index is 0.104. The highest BCUT2D eigenvalue weighted by molar-refractivity contribution is 6.39. The molecule has 136 valence electrons. The zero-order valence-electron chi connectivity index (χ0n) is 15.0. The number of nitrogens with zero attached hydrogens (tertiary/aromatic N) is 2. The first-order chi connectivity index (χ1) is 11.7. The molecule has 0 fully saturated rings. The summed E-state index contributed by atoms with van der Waals surface area (Å²) in [6.45, 7) is 9.23. The zero-order valence-corrected chi connectivity index (χ0v) is 16.5. The van der Waals surface area contributed by atoms with Crippen LogP contribution in [0.1, 0.15) is 37.2 Å². The SMILES string of the molecule is Cc1nn(CC(C)C)c(C)c1CCC(=O)Nc1cc(Cl)c(N)c(Cl)c1. The summed E-state index contributed by atoms with van der Waals surface area (Å²) < 4.78 is 2.02. The summed E-state index contributed by atoms with van der Waals surface area (Å²) in [7, 11) is 0. The van der Waals surface area contributed by atoms with Gasteiger partial charge in [0.05, 0.1) is 21.4 Å². The molecule has 2 rings (SSSR count). The molecule has 5 nitrogen and oxygen atoms in total. The summed E-state index contributed by atoms with van der Waals surface area (Å²) in [4.78, 5) is 12.2. The van der Waals surface area contributed by atoms with Gasteiger partial charge in [0.15, 0.2) is 0 Å². The van der Waals surface area contributed by atoms with Gasteiger partial charge in [0.2, 0.25) is 5.91 Å². The van der Waals surface area contributed by atoms with E-state index < -0.39 is 0 Å². The van der Waals surface area contributed by atoms with E-state index in [1.807, 2.05) is 11.6 Å². The number of carbonyl (C=O) groups excluding carboxylic acids is 1. The lowest BCUT2D eigenvalue weighted by atomic mass is 10.1. The maximum atomic E-state index is 12.2. The Bertz CT molecular complexity index is 761. The number of aromatic nitrogens is 2. The van der Waals surface area contributed by atoms with Gasteiger partial charge >= 0.3 is 0 Å². The van der Waals surface area contributed by atoms with Crippen molar-refractivity contribution in [3.63, 3.8) is 0 Å². The molecule has 1 amide bonds. The minimum Gasteiger partial charge on any atom is -0.396 e. The van der Waals surface area contributed by atoms with E-state index >= 15 is 0 Å². The molecular weight excluding hydrogens is 359 g/mol. The maximum absolute atomic E-state index is 12.2. The number of hydrogen-bond acceptors (Lipinski definition) is 3. The van der Waals surface area contributed by atoms with Crippen molar-refractivity contribution in [2.45, 2.75) is 47.1 Å². The third kappa shape index (κ3) is 4.89.